The molecule has 0 aromatic heterocycles. The van der Waals surface area contributed by atoms with Crippen LogP contribution in [-0.4, -0.2) is 38.0 Å². The summed E-state index contributed by atoms with van der Waals surface area (Å²) in [6.45, 7) is 8.32. The van der Waals surface area contributed by atoms with Gasteiger partial charge in [0.05, 0.1) is 18.3 Å². The highest BCUT2D eigenvalue weighted by molar-refractivity contribution is 4.82. The predicted molar refractivity (Wildman–Crippen MR) is 60.0 cm³/mol. The van der Waals surface area contributed by atoms with Gasteiger partial charge in [0.25, 0.3) is 0 Å². The lowest BCUT2D eigenvalue weighted by atomic mass is 10.1. The van der Waals surface area contributed by atoms with Gasteiger partial charge in [0, 0.05) is 19.7 Å². The van der Waals surface area contributed by atoms with E-state index in [2.05, 4.69) is 19.2 Å². The molecule has 2 atom stereocenters. The van der Waals surface area contributed by atoms with E-state index >= 15 is 0 Å². The molecule has 0 spiro atoms. The Balaban J connectivity index is 1.58. The molecular formula is C12H23NO2. The maximum Gasteiger partial charge on any atom is 0.0707 e. The van der Waals surface area contributed by atoms with Gasteiger partial charge in [-0.1, -0.05) is 0 Å². The first-order chi connectivity index (χ1) is 7.16. The van der Waals surface area contributed by atoms with E-state index in [-0.39, 0.29) is 5.60 Å². The van der Waals surface area contributed by atoms with Gasteiger partial charge in [-0.15, -0.1) is 0 Å². The summed E-state index contributed by atoms with van der Waals surface area (Å²) < 4.78 is 11.3. The molecule has 0 aromatic carbocycles. The van der Waals surface area contributed by atoms with E-state index in [4.69, 9.17) is 9.47 Å². The van der Waals surface area contributed by atoms with Crippen molar-refractivity contribution in [2.24, 2.45) is 5.92 Å². The minimum absolute atomic E-state index is 0.100. The van der Waals surface area contributed by atoms with Crippen molar-refractivity contribution in [3.05, 3.63) is 0 Å². The molecule has 0 radical (unpaired) electrons. The lowest BCUT2D eigenvalue weighted by Gasteiger charge is -2.20. The first-order valence-corrected chi connectivity index (χ1v) is 6.12. The van der Waals surface area contributed by atoms with Crippen LogP contribution in [-0.2, 0) is 9.47 Å². The lowest BCUT2D eigenvalue weighted by molar-refractivity contribution is -0.0144. The summed E-state index contributed by atoms with van der Waals surface area (Å²) in [6, 6.07) is 0. The summed E-state index contributed by atoms with van der Waals surface area (Å²) in [5, 5.41) is 3.50. The maximum absolute atomic E-state index is 5.92. The van der Waals surface area contributed by atoms with Gasteiger partial charge in [0.15, 0.2) is 0 Å². The lowest BCUT2D eigenvalue weighted by Crippen LogP contribution is -2.32. The first kappa shape index (κ1) is 11.4. The summed E-state index contributed by atoms with van der Waals surface area (Å²) in [4.78, 5) is 0. The smallest absolute Gasteiger partial charge is 0.0707 e. The normalized spacial score (nSPS) is 34.8. The van der Waals surface area contributed by atoms with Crippen LogP contribution in [0.5, 0.6) is 0 Å². The monoisotopic (exact) mass is 213 g/mol. The Morgan fingerprint density at radius 3 is 2.73 bits per heavy atom. The Morgan fingerprint density at radius 2 is 2.13 bits per heavy atom. The van der Waals surface area contributed by atoms with E-state index < -0.39 is 0 Å². The van der Waals surface area contributed by atoms with Crippen molar-refractivity contribution >= 4 is 0 Å². The fourth-order valence-corrected chi connectivity index (χ4v) is 2.41. The molecule has 1 N–H and O–H groups in total. The van der Waals surface area contributed by atoms with Crippen LogP contribution in [0.15, 0.2) is 0 Å². The zero-order valence-corrected chi connectivity index (χ0v) is 9.92. The Labute approximate surface area is 92.5 Å². The van der Waals surface area contributed by atoms with Crippen molar-refractivity contribution in [1.82, 2.24) is 5.32 Å². The zero-order chi connectivity index (χ0) is 10.7. The van der Waals surface area contributed by atoms with Crippen LogP contribution in [0.3, 0.4) is 0 Å². The molecule has 2 unspecified atom stereocenters. The van der Waals surface area contributed by atoms with Crippen LogP contribution < -0.4 is 5.32 Å². The van der Waals surface area contributed by atoms with E-state index in [1.807, 2.05) is 0 Å². The van der Waals surface area contributed by atoms with Gasteiger partial charge >= 0.3 is 0 Å². The fourth-order valence-electron chi connectivity index (χ4n) is 2.41. The molecule has 2 fully saturated rings. The Bertz CT molecular complexity index is 200. The second-order valence-corrected chi connectivity index (χ2v) is 5.43. The van der Waals surface area contributed by atoms with E-state index in [9.17, 15) is 0 Å². The van der Waals surface area contributed by atoms with Gasteiger partial charge in [0.1, 0.15) is 0 Å². The van der Waals surface area contributed by atoms with Crippen molar-refractivity contribution in [3.63, 3.8) is 0 Å². The average Bonchev–Trinajstić information content (AvgIpc) is 2.76. The largest absolute Gasteiger partial charge is 0.381 e. The molecule has 2 heterocycles. The molecule has 3 heteroatoms. The number of ether oxygens (including phenoxy) is 2. The molecule has 2 rings (SSSR count). The third-order valence-electron chi connectivity index (χ3n) is 3.38. The van der Waals surface area contributed by atoms with Gasteiger partial charge in [-0.05, 0) is 39.0 Å². The van der Waals surface area contributed by atoms with Gasteiger partial charge in [-0.2, -0.15) is 0 Å². The fraction of sp³-hybridized carbons (Fsp3) is 1.00. The number of hydrogen-bond acceptors (Lipinski definition) is 3. The molecule has 2 saturated heterocycles. The van der Waals surface area contributed by atoms with Crippen LogP contribution in [0.1, 0.15) is 33.1 Å². The Kier molecular flexibility index (Phi) is 3.65. The van der Waals surface area contributed by atoms with Crippen molar-refractivity contribution in [1.29, 1.82) is 0 Å². The van der Waals surface area contributed by atoms with Crippen LogP contribution in [0.4, 0.5) is 0 Å². The molecule has 2 aliphatic heterocycles. The topological polar surface area (TPSA) is 30.5 Å². The van der Waals surface area contributed by atoms with Crippen molar-refractivity contribution in [2.45, 2.75) is 44.8 Å². The van der Waals surface area contributed by atoms with Crippen LogP contribution in [0, 0.1) is 5.92 Å². The van der Waals surface area contributed by atoms with Crippen molar-refractivity contribution < 1.29 is 9.47 Å². The summed E-state index contributed by atoms with van der Waals surface area (Å²) in [7, 11) is 0. The SMILES string of the molecule is CC1(C)CCC(CNCC2CCOC2)O1. The zero-order valence-electron chi connectivity index (χ0n) is 9.92. The third-order valence-corrected chi connectivity index (χ3v) is 3.38. The van der Waals surface area contributed by atoms with Crippen LogP contribution in [0.25, 0.3) is 0 Å². The van der Waals surface area contributed by atoms with E-state index in [0.717, 1.165) is 32.2 Å². The van der Waals surface area contributed by atoms with E-state index in [1.54, 1.807) is 0 Å². The van der Waals surface area contributed by atoms with Gasteiger partial charge < -0.3 is 14.8 Å². The molecule has 0 aliphatic carbocycles. The average molecular weight is 213 g/mol. The number of nitrogens with one attached hydrogen (secondary N) is 1. The third kappa shape index (κ3) is 3.44. The number of hydrogen-bond donors (Lipinski definition) is 1. The highest BCUT2D eigenvalue weighted by Gasteiger charge is 2.31. The maximum atomic E-state index is 5.92. The van der Waals surface area contributed by atoms with E-state index in [0.29, 0.717) is 6.10 Å². The van der Waals surface area contributed by atoms with Crippen molar-refractivity contribution in [2.75, 3.05) is 26.3 Å². The van der Waals surface area contributed by atoms with Crippen molar-refractivity contribution in [3.8, 4) is 0 Å². The first-order valence-electron chi connectivity index (χ1n) is 6.12. The predicted octanol–water partition coefficient (Wildman–Crippen LogP) is 1.57. The standard InChI is InChI=1S/C12H23NO2/c1-12(2)5-3-11(15-12)8-13-7-10-4-6-14-9-10/h10-11,13H,3-9H2,1-2H3. The highest BCUT2D eigenvalue weighted by Crippen LogP contribution is 2.28. The highest BCUT2D eigenvalue weighted by atomic mass is 16.5. The molecule has 0 aromatic rings. The second kappa shape index (κ2) is 4.81. The van der Waals surface area contributed by atoms with Gasteiger partial charge in [0.2, 0.25) is 0 Å². The van der Waals surface area contributed by atoms with Crippen LogP contribution in [0.2, 0.25) is 0 Å². The minimum Gasteiger partial charge on any atom is -0.381 e. The molecular weight excluding hydrogens is 190 g/mol. The van der Waals surface area contributed by atoms with Gasteiger partial charge in [-0.25, -0.2) is 0 Å². The second-order valence-electron chi connectivity index (χ2n) is 5.43. The molecule has 3 nitrogen and oxygen atoms in total. The van der Waals surface area contributed by atoms with E-state index in [1.165, 1.54) is 19.3 Å². The Hall–Kier alpha value is -0.120. The molecule has 0 bridgehead atoms. The Morgan fingerprint density at radius 1 is 1.27 bits per heavy atom. The molecule has 15 heavy (non-hydrogen) atoms. The minimum atomic E-state index is 0.100. The quantitative estimate of drug-likeness (QED) is 0.769. The molecule has 0 amide bonds. The summed E-state index contributed by atoms with van der Waals surface area (Å²) >= 11 is 0. The van der Waals surface area contributed by atoms with Crippen LogP contribution >= 0.6 is 0 Å². The summed E-state index contributed by atoms with van der Waals surface area (Å²) in [5.74, 6) is 0.722. The molecule has 88 valence electrons. The summed E-state index contributed by atoms with van der Waals surface area (Å²) in [5.41, 5.74) is 0.100. The molecule has 0 saturated carbocycles. The molecule has 2 aliphatic rings. The van der Waals surface area contributed by atoms with Gasteiger partial charge in [-0.3, -0.25) is 0 Å². The number of rotatable bonds is 4. The summed E-state index contributed by atoms with van der Waals surface area (Å²) in [6.07, 6.45) is 4.01.